The number of carbonyl (C=O) groups excluding carboxylic acids is 3. The maximum atomic E-state index is 11.9. The molecular formula is C14H27N3O4. The molecule has 7 nitrogen and oxygen atoms in total. The molecule has 1 heterocycles. The van der Waals surface area contributed by atoms with Crippen molar-refractivity contribution < 1.29 is 19.1 Å². The van der Waals surface area contributed by atoms with E-state index in [1.165, 1.54) is 4.90 Å². The molecule has 1 aliphatic heterocycles. The van der Waals surface area contributed by atoms with Crippen molar-refractivity contribution in [3.63, 3.8) is 0 Å². The summed E-state index contributed by atoms with van der Waals surface area (Å²) in [5.74, 6) is -0.838. The number of nitrogens with zero attached hydrogens (tertiary/aromatic N) is 1. The van der Waals surface area contributed by atoms with Gasteiger partial charge in [-0.05, 0) is 33.6 Å². The molecule has 0 radical (unpaired) electrons. The zero-order chi connectivity index (χ0) is 16.6. The fourth-order valence-corrected chi connectivity index (χ4v) is 1.92. The van der Waals surface area contributed by atoms with Gasteiger partial charge in [-0.1, -0.05) is 13.8 Å². The van der Waals surface area contributed by atoms with Crippen LogP contribution in [-0.4, -0.2) is 47.5 Å². The summed E-state index contributed by atoms with van der Waals surface area (Å²) in [5, 5.41) is 2.37. The van der Waals surface area contributed by atoms with Crippen LogP contribution in [0.2, 0.25) is 0 Å². The van der Waals surface area contributed by atoms with E-state index in [1.54, 1.807) is 20.8 Å². The Balaban J connectivity index is 0.00000191. The standard InChI is InChI=1S/C12H21N3O4.C2H6/c1-12(2,3)19-11(18)14-7-9(16)15-6-4-5-8(15)10(13)17;1-2/h8H,4-7H2,1-3H3,(H2,13,17)(H,14,18);1-2H3/t8-;/m0./s1. The van der Waals surface area contributed by atoms with Gasteiger partial charge in [-0.3, -0.25) is 9.59 Å². The van der Waals surface area contributed by atoms with Gasteiger partial charge in [-0.25, -0.2) is 4.79 Å². The molecule has 1 atom stereocenters. The minimum Gasteiger partial charge on any atom is -0.444 e. The molecule has 0 aliphatic carbocycles. The lowest BCUT2D eigenvalue weighted by molar-refractivity contribution is -0.136. The summed E-state index contributed by atoms with van der Waals surface area (Å²) < 4.78 is 5.01. The van der Waals surface area contributed by atoms with E-state index in [-0.39, 0.29) is 12.5 Å². The Kier molecular flexibility index (Phi) is 7.76. The minimum atomic E-state index is -0.657. The van der Waals surface area contributed by atoms with Crippen molar-refractivity contribution in [3.8, 4) is 0 Å². The van der Waals surface area contributed by atoms with Crippen LogP contribution in [0.25, 0.3) is 0 Å². The molecule has 7 heteroatoms. The van der Waals surface area contributed by atoms with Crippen molar-refractivity contribution >= 4 is 17.9 Å². The molecule has 3 N–H and O–H groups in total. The van der Waals surface area contributed by atoms with Gasteiger partial charge in [0.05, 0.1) is 0 Å². The lowest BCUT2D eigenvalue weighted by atomic mass is 10.2. The van der Waals surface area contributed by atoms with E-state index in [2.05, 4.69) is 5.32 Å². The Morgan fingerprint density at radius 2 is 1.86 bits per heavy atom. The van der Waals surface area contributed by atoms with Crippen molar-refractivity contribution in [3.05, 3.63) is 0 Å². The molecule has 1 aliphatic rings. The average molecular weight is 301 g/mol. The predicted octanol–water partition coefficient (Wildman–Crippen LogP) is 1.01. The highest BCUT2D eigenvalue weighted by Gasteiger charge is 2.32. The van der Waals surface area contributed by atoms with E-state index in [9.17, 15) is 14.4 Å². The summed E-state index contributed by atoms with van der Waals surface area (Å²) in [6.07, 6.45) is 0.662. The Labute approximate surface area is 126 Å². The van der Waals surface area contributed by atoms with E-state index in [1.807, 2.05) is 13.8 Å². The zero-order valence-corrected chi connectivity index (χ0v) is 13.6. The number of likely N-dealkylation sites (tertiary alicyclic amines) is 1. The largest absolute Gasteiger partial charge is 0.444 e. The molecule has 0 aromatic rings. The van der Waals surface area contributed by atoms with Crippen LogP contribution < -0.4 is 11.1 Å². The number of hydrogen-bond donors (Lipinski definition) is 2. The third-order valence-corrected chi connectivity index (χ3v) is 2.68. The van der Waals surface area contributed by atoms with Crippen LogP contribution in [0, 0.1) is 0 Å². The van der Waals surface area contributed by atoms with Gasteiger partial charge in [0.15, 0.2) is 0 Å². The smallest absolute Gasteiger partial charge is 0.408 e. The highest BCUT2D eigenvalue weighted by Crippen LogP contribution is 2.16. The van der Waals surface area contributed by atoms with Crippen LogP contribution in [0.5, 0.6) is 0 Å². The molecular weight excluding hydrogens is 274 g/mol. The monoisotopic (exact) mass is 301 g/mol. The number of carbonyl (C=O) groups is 3. The third-order valence-electron chi connectivity index (χ3n) is 2.68. The maximum absolute atomic E-state index is 11.9. The number of primary amides is 1. The highest BCUT2D eigenvalue weighted by atomic mass is 16.6. The van der Waals surface area contributed by atoms with Crippen molar-refractivity contribution in [2.75, 3.05) is 13.1 Å². The maximum Gasteiger partial charge on any atom is 0.408 e. The molecule has 0 bridgehead atoms. The van der Waals surface area contributed by atoms with Crippen LogP contribution in [0.4, 0.5) is 4.79 Å². The Hall–Kier alpha value is -1.79. The lowest BCUT2D eigenvalue weighted by Gasteiger charge is -2.23. The molecule has 21 heavy (non-hydrogen) atoms. The van der Waals surface area contributed by atoms with E-state index in [0.717, 1.165) is 6.42 Å². The first kappa shape index (κ1) is 19.2. The van der Waals surface area contributed by atoms with Gasteiger partial charge in [0.1, 0.15) is 18.2 Å². The van der Waals surface area contributed by atoms with E-state index in [0.29, 0.717) is 13.0 Å². The zero-order valence-electron chi connectivity index (χ0n) is 13.6. The molecule has 0 spiro atoms. The molecule has 1 fully saturated rings. The topological polar surface area (TPSA) is 102 Å². The first-order chi connectivity index (χ1) is 9.70. The van der Waals surface area contributed by atoms with Gasteiger partial charge >= 0.3 is 6.09 Å². The quantitative estimate of drug-likeness (QED) is 0.812. The predicted molar refractivity (Wildman–Crippen MR) is 79.5 cm³/mol. The average Bonchev–Trinajstić information content (AvgIpc) is 2.85. The van der Waals surface area contributed by atoms with Crippen LogP contribution in [0.3, 0.4) is 0 Å². The molecule has 3 amide bonds. The number of hydrogen-bond acceptors (Lipinski definition) is 4. The summed E-state index contributed by atoms with van der Waals surface area (Å²) in [6, 6.07) is -0.562. The van der Waals surface area contributed by atoms with Crippen LogP contribution in [-0.2, 0) is 14.3 Å². The number of amides is 3. The van der Waals surface area contributed by atoms with Crippen LogP contribution in [0.1, 0.15) is 47.5 Å². The first-order valence-electron chi connectivity index (χ1n) is 7.26. The number of nitrogens with two attached hydrogens (primary N) is 1. The summed E-state index contributed by atoms with van der Waals surface area (Å²) in [4.78, 5) is 35.8. The number of ether oxygens (including phenoxy) is 1. The second-order valence-corrected chi connectivity index (χ2v) is 5.50. The van der Waals surface area contributed by atoms with Crippen molar-refractivity contribution in [2.24, 2.45) is 5.73 Å². The number of rotatable bonds is 3. The van der Waals surface area contributed by atoms with Crippen LogP contribution in [0.15, 0.2) is 0 Å². The van der Waals surface area contributed by atoms with Gasteiger partial charge in [0.2, 0.25) is 11.8 Å². The minimum absolute atomic E-state index is 0.196. The van der Waals surface area contributed by atoms with Gasteiger partial charge < -0.3 is 20.7 Å². The third kappa shape index (κ3) is 6.97. The Bertz CT molecular complexity index is 377. The molecule has 122 valence electrons. The second kappa shape index (κ2) is 8.49. The van der Waals surface area contributed by atoms with Gasteiger partial charge in [-0.15, -0.1) is 0 Å². The first-order valence-corrected chi connectivity index (χ1v) is 7.26. The molecule has 0 unspecified atom stereocenters. The van der Waals surface area contributed by atoms with Crippen LogP contribution >= 0.6 is 0 Å². The number of nitrogens with one attached hydrogen (secondary N) is 1. The van der Waals surface area contributed by atoms with Crippen molar-refractivity contribution in [1.29, 1.82) is 0 Å². The molecule has 1 saturated heterocycles. The molecule has 0 aromatic heterocycles. The highest BCUT2D eigenvalue weighted by molar-refractivity contribution is 5.89. The fourth-order valence-electron chi connectivity index (χ4n) is 1.92. The summed E-state index contributed by atoms with van der Waals surface area (Å²) in [7, 11) is 0. The normalized spacial score (nSPS) is 17.6. The van der Waals surface area contributed by atoms with Gasteiger partial charge in [-0.2, -0.15) is 0 Å². The lowest BCUT2D eigenvalue weighted by Crippen LogP contribution is -2.48. The number of alkyl carbamates (subject to hydrolysis) is 1. The molecule has 0 saturated carbocycles. The Morgan fingerprint density at radius 3 is 2.33 bits per heavy atom. The summed E-state index contributed by atoms with van der Waals surface area (Å²) in [5.41, 5.74) is 4.61. The summed E-state index contributed by atoms with van der Waals surface area (Å²) in [6.45, 7) is 9.50. The van der Waals surface area contributed by atoms with Gasteiger partial charge in [0, 0.05) is 6.54 Å². The van der Waals surface area contributed by atoms with Crippen molar-refractivity contribution in [1.82, 2.24) is 10.2 Å². The van der Waals surface area contributed by atoms with E-state index >= 15 is 0 Å². The van der Waals surface area contributed by atoms with E-state index < -0.39 is 23.6 Å². The molecule has 0 aromatic carbocycles. The summed E-state index contributed by atoms with van der Waals surface area (Å²) >= 11 is 0. The molecule has 1 rings (SSSR count). The van der Waals surface area contributed by atoms with Gasteiger partial charge in [0.25, 0.3) is 0 Å². The second-order valence-electron chi connectivity index (χ2n) is 5.50. The van der Waals surface area contributed by atoms with Crippen molar-refractivity contribution in [2.45, 2.75) is 59.1 Å². The Morgan fingerprint density at radius 1 is 1.29 bits per heavy atom. The van der Waals surface area contributed by atoms with E-state index in [4.69, 9.17) is 10.5 Å². The SMILES string of the molecule is CC.CC(C)(C)OC(=O)NCC(=O)N1CCC[C@H]1C(N)=O. The fraction of sp³-hybridized carbons (Fsp3) is 0.786.